The van der Waals surface area contributed by atoms with E-state index in [4.69, 9.17) is 21.1 Å². The quantitative estimate of drug-likeness (QED) is 0.415. The zero-order chi connectivity index (χ0) is 18.6. The highest BCUT2D eigenvalue weighted by atomic mass is 35.5. The summed E-state index contributed by atoms with van der Waals surface area (Å²) in [6.45, 7) is 1.28. The van der Waals surface area contributed by atoms with Gasteiger partial charge >= 0.3 is 0 Å². The maximum Gasteiger partial charge on any atom is 0.162 e. The molecule has 0 saturated carbocycles. The average molecular weight is 378 g/mol. The van der Waals surface area contributed by atoms with Crippen LogP contribution < -0.4 is 9.47 Å². The number of nitrogens with zero attached hydrogens (tertiary/aromatic N) is 1. The fourth-order valence-corrected chi connectivity index (χ4v) is 3.26. The number of ether oxygens (including phenoxy) is 2. The largest absolute Gasteiger partial charge is 0.493 e. The zero-order valence-corrected chi connectivity index (χ0v) is 15.8. The van der Waals surface area contributed by atoms with Crippen LogP contribution >= 0.6 is 11.6 Å². The molecule has 4 rings (SSSR count). The van der Waals surface area contributed by atoms with Gasteiger partial charge in [-0.2, -0.15) is 0 Å². The summed E-state index contributed by atoms with van der Waals surface area (Å²) in [5.74, 6) is 1.48. The number of rotatable bonds is 6. The van der Waals surface area contributed by atoms with Gasteiger partial charge in [0.2, 0.25) is 0 Å². The third-order valence-corrected chi connectivity index (χ3v) is 4.81. The minimum absolute atomic E-state index is 0.508. The molecule has 3 nitrogen and oxygen atoms in total. The molecule has 4 aromatic rings. The first-order valence-corrected chi connectivity index (χ1v) is 9.19. The smallest absolute Gasteiger partial charge is 0.162 e. The van der Waals surface area contributed by atoms with Crippen LogP contribution in [0.3, 0.4) is 0 Å². The second-order valence-corrected chi connectivity index (χ2v) is 6.84. The highest BCUT2D eigenvalue weighted by Crippen LogP contribution is 2.33. The van der Waals surface area contributed by atoms with E-state index < -0.39 is 0 Å². The Balaban J connectivity index is 1.60. The molecule has 0 aliphatic carbocycles. The van der Waals surface area contributed by atoms with Gasteiger partial charge in [-0.05, 0) is 35.4 Å². The van der Waals surface area contributed by atoms with Crippen LogP contribution in [0.2, 0.25) is 5.02 Å². The molecular formula is C23H20ClNO2. The fraction of sp³-hybridized carbons (Fsp3) is 0.130. The molecule has 0 atom stereocenters. The molecule has 0 unspecified atom stereocenters. The summed E-state index contributed by atoms with van der Waals surface area (Å²) in [4.78, 5) is 0. The summed E-state index contributed by atoms with van der Waals surface area (Å²) in [5.41, 5.74) is 3.43. The minimum atomic E-state index is 0.508. The van der Waals surface area contributed by atoms with Gasteiger partial charge in [-0.1, -0.05) is 54.1 Å². The van der Waals surface area contributed by atoms with Crippen LogP contribution in [0.1, 0.15) is 11.1 Å². The maximum absolute atomic E-state index is 6.01. The number of hydrogen-bond donors (Lipinski definition) is 0. The van der Waals surface area contributed by atoms with Crippen LogP contribution in [0.5, 0.6) is 11.5 Å². The van der Waals surface area contributed by atoms with E-state index >= 15 is 0 Å². The topological polar surface area (TPSA) is 23.4 Å². The molecule has 0 amide bonds. The zero-order valence-electron chi connectivity index (χ0n) is 15.1. The van der Waals surface area contributed by atoms with E-state index in [0.717, 1.165) is 39.5 Å². The Labute approximate surface area is 163 Å². The Morgan fingerprint density at radius 3 is 2.37 bits per heavy atom. The Morgan fingerprint density at radius 2 is 1.63 bits per heavy atom. The average Bonchev–Trinajstić information content (AvgIpc) is 3.09. The van der Waals surface area contributed by atoms with Gasteiger partial charge in [0.05, 0.1) is 12.6 Å². The number of halogens is 1. The number of aromatic nitrogens is 1. The fourth-order valence-electron chi connectivity index (χ4n) is 3.13. The Morgan fingerprint density at radius 1 is 0.852 bits per heavy atom. The highest BCUT2D eigenvalue weighted by molar-refractivity contribution is 6.30. The number of benzene rings is 3. The van der Waals surface area contributed by atoms with Crippen LogP contribution in [0.25, 0.3) is 10.9 Å². The van der Waals surface area contributed by atoms with Crippen molar-refractivity contribution in [2.45, 2.75) is 13.2 Å². The molecule has 0 aliphatic rings. The van der Waals surface area contributed by atoms with Gasteiger partial charge in [0.25, 0.3) is 0 Å². The van der Waals surface area contributed by atoms with E-state index in [0.29, 0.717) is 6.61 Å². The molecule has 0 fully saturated rings. The summed E-state index contributed by atoms with van der Waals surface area (Å²) in [6, 6.07) is 24.2. The van der Waals surface area contributed by atoms with Crippen LogP contribution in [0.4, 0.5) is 0 Å². The van der Waals surface area contributed by atoms with Crippen molar-refractivity contribution in [1.29, 1.82) is 0 Å². The third kappa shape index (κ3) is 3.93. The first-order chi connectivity index (χ1) is 13.2. The Kier molecular flexibility index (Phi) is 5.03. The second kappa shape index (κ2) is 7.77. The van der Waals surface area contributed by atoms with E-state index in [1.807, 2.05) is 66.7 Å². The van der Waals surface area contributed by atoms with Crippen molar-refractivity contribution < 1.29 is 9.47 Å². The number of hydrogen-bond acceptors (Lipinski definition) is 2. The van der Waals surface area contributed by atoms with Crippen molar-refractivity contribution >= 4 is 22.5 Å². The van der Waals surface area contributed by atoms with Gasteiger partial charge in [0.15, 0.2) is 11.5 Å². The summed E-state index contributed by atoms with van der Waals surface area (Å²) in [5, 5.41) is 1.87. The first kappa shape index (κ1) is 17.5. The van der Waals surface area contributed by atoms with Gasteiger partial charge in [0.1, 0.15) is 6.61 Å². The van der Waals surface area contributed by atoms with E-state index in [1.165, 1.54) is 5.56 Å². The normalized spacial score (nSPS) is 10.9. The lowest BCUT2D eigenvalue weighted by Crippen LogP contribution is -2.00. The van der Waals surface area contributed by atoms with Crippen molar-refractivity contribution in [3.63, 3.8) is 0 Å². The van der Waals surface area contributed by atoms with Gasteiger partial charge in [0, 0.05) is 29.2 Å². The van der Waals surface area contributed by atoms with Gasteiger partial charge in [-0.3, -0.25) is 0 Å². The molecule has 0 N–H and O–H groups in total. The monoisotopic (exact) mass is 377 g/mol. The van der Waals surface area contributed by atoms with E-state index in [-0.39, 0.29) is 0 Å². The molecule has 136 valence electrons. The van der Waals surface area contributed by atoms with Crippen molar-refractivity contribution in [2.24, 2.45) is 0 Å². The standard InChI is InChI=1S/C23H20ClNO2/c1-26-22-14-21-19(13-23(22)27-16-18-5-3-2-4-6-18)11-12-25(21)15-17-7-9-20(24)10-8-17/h2-14H,15-16H2,1H3. The second-order valence-electron chi connectivity index (χ2n) is 6.41. The molecule has 1 aromatic heterocycles. The van der Waals surface area contributed by atoms with E-state index in [1.54, 1.807) is 7.11 Å². The van der Waals surface area contributed by atoms with Crippen molar-refractivity contribution in [1.82, 2.24) is 4.57 Å². The SMILES string of the molecule is COc1cc2c(ccn2Cc2ccc(Cl)cc2)cc1OCc1ccccc1. The number of fused-ring (bicyclic) bond motifs is 1. The summed E-state index contributed by atoms with van der Waals surface area (Å²) in [6.07, 6.45) is 2.08. The molecule has 3 aromatic carbocycles. The van der Waals surface area contributed by atoms with E-state index in [2.05, 4.69) is 16.8 Å². The summed E-state index contributed by atoms with van der Waals surface area (Å²) < 4.78 is 13.8. The predicted octanol–water partition coefficient (Wildman–Crippen LogP) is 5.93. The van der Waals surface area contributed by atoms with Gasteiger partial charge in [-0.25, -0.2) is 0 Å². The van der Waals surface area contributed by atoms with Crippen LogP contribution in [0, 0.1) is 0 Å². The first-order valence-electron chi connectivity index (χ1n) is 8.81. The van der Waals surface area contributed by atoms with Crippen molar-refractivity contribution in [3.8, 4) is 11.5 Å². The molecule has 1 heterocycles. The van der Waals surface area contributed by atoms with Crippen molar-refractivity contribution in [3.05, 3.63) is 95.1 Å². The van der Waals surface area contributed by atoms with Gasteiger partial charge < -0.3 is 14.0 Å². The number of methoxy groups -OCH3 is 1. The third-order valence-electron chi connectivity index (χ3n) is 4.56. The van der Waals surface area contributed by atoms with Crippen LogP contribution in [0.15, 0.2) is 79.0 Å². The molecule has 0 spiro atoms. The minimum Gasteiger partial charge on any atom is -0.493 e. The predicted molar refractivity (Wildman–Crippen MR) is 110 cm³/mol. The van der Waals surface area contributed by atoms with Gasteiger partial charge in [-0.15, -0.1) is 0 Å². The molecule has 0 bridgehead atoms. The molecule has 0 radical (unpaired) electrons. The highest BCUT2D eigenvalue weighted by Gasteiger charge is 2.11. The molecule has 27 heavy (non-hydrogen) atoms. The van der Waals surface area contributed by atoms with Crippen molar-refractivity contribution in [2.75, 3.05) is 7.11 Å². The maximum atomic E-state index is 6.01. The van der Waals surface area contributed by atoms with E-state index in [9.17, 15) is 0 Å². The van der Waals surface area contributed by atoms with Crippen LogP contribution in [-0.4, -0.2) is 11.7 Å². The Hall–Kier alpha value is -2.91. The Bertz CT molecular complexity index is 1040. The lowest BCUT2D eigenvalue weighted by molar-refractivity contribution is 0.285. The molecule has 0 saturated heterocycles. The molecule has 4 heteroatoms. The summed E-state index contributed by atoms with van der Waals surface area (Å²) in [7, 11) is 1.67. The van der Waals surface area contributed by atoms with Crippen LogP contribution in [-0.2, 0) is 13.2 Å². The lowest BCUT2D eigenvalue weighted by Gasteiger charge is -2.13. The molecular weight excluding hydrogens is 358 g/mol. The lowest BCUT2D eigenvalue weighted by atomic mass is 10.2. The molecule has 0 aliphatic heterocycles. The summed E-state index contributed by atoms with van der Waals surface area (Å²) >= 11 is 5.98.